The molecule has 1 atom stereocenters. The van der Waals surface area contributed by atoms with E-state index in [1.54, 1.807) is 10.6 Å². The maximum Gasteiger partial charge on any atom is 0.262 e. The molecule has 0 fully saturated rings. The van der Waals surface area contributed by atoms with Gasteiger partial charge in [-0.25, -0.2) is 4.98 Å². The number of carbonyl (C=O) groups is 1. The van der Waals surface area contributed by atoms with Crippen LogP contribution in [-0.2, 0) is 11.3 Å². The Morgan fingerprint density at radius 1 is 1.11 bits per heavy atom. The van der Waals surface area contributed by atoms with Crippen LogP contribution in [0.15, 0.2) is 64.5 Å². The number of para-hydroxylation sites is 1. The molecule has 0 unspecified atom stereocenters. The van der Waals surface area contributed by atoms with Crippen molar-refractivity contribution in [3.8, 4) is 0 Å². The van der Waals surface area contributed by atoms with Crippen LogP contribution in [0.2, 0.25) is 0 Å². The zero-order chi connectivity index (χ0) is 19.9. The number of hydrogen-bond acceptors (Lipinski definition) is 4. The molecule has 6 heteroatoms. The average molecular weight is 396 g/mol. The summed E-state index contributed by atoms with van der Waals surface area (Å²) < 4.78 is 1.63. The minimum atomic E-state index is -0.0656. The van der Waals surface area contributed by atoms with Gasteiger partial charge in [0.05, 0.1) is 22.7 Å². The molecule has 0 bridgehead atoms. The fourth-order valence-corrected chi connectivity index (χ4v) is 4.07. The predicted molar refractivity (Wildman–Crippen MR) is 115 cm³/mol. The number of thioether (sulfide) groups is 1. The quantitative estimate of drug-likeness (QED) is 0.459. The molecule has 3 rings (SSSR count). The first kappa shape index (κ1) is 20.1. The second kappa shape index (κ2) is 9.55. The van der Waals surface area contributed by atoms with Gasteiger partial charge in [-0.2, -0.15) is 0 Å². The van der Waals surface area contributed by atoms with Crippen molar-refractivity contribution >= 4 is 28.6 Å². The van der Waals surface area contributed by atoms with Crippen molar-refractivity contribution < 1.29 is 4.79 Å². The van der Waals surface area contributed by atoms with E-state index in [0.29, 0.717) is 22.6 Å². The second-order valence-electron chi connectivity index (χ2n) is 6.57. The van der Waals surface area contributed by atoms with Gasteiger partial charge in [-0.1, -0.05) is 67.6 Å². The Hall–Kier alpha value is -2.60. The first-order chi connectivity index (χ1) is 13.6. The highest BCUT2D eigenvalue weighted by Gasteiger charge is 2.16. The van der Waals surface area contributed by atoms with Crippen LogP contribution in [0.25, 0.3) is 10.9 Å². The number of carbonyl (C=O) groups excluding carboxylic acids is 1. The lowest BCUT2D eigenvalue weighted by Crippen LogP contribution is -2.30. The van der Waals surface area contributed by atoms with Gasteiger partial charge in [0.1, 0.15) is 0 Å². The number of nitrogens with zero attached hydrogens (tertiary/aromatic N) is 2. The van der Waals surface area contributed by atoms with Crippen LogP contribution in [-0.4, -0.2) is 21.2 Å². The third kappa shape index (κ3) is 4.62. The predicted octanol–water partition coefficient (Wildman–Crippen LogP) is 4.17. The molecule has 1 heterocycles. The van der Waals surface area contributed by atoms with E-state index in [2.05, 4.69) is 17.2 Å². The van der Waals surface area contributed by atoms with E-state index in [1.165, 1.54) is 11.8 Å². The van der Waals surface area contributed by atoms with Gasteiger partial charge in [0, 0.05) is 6.54 Å². The van der Waals surface area contributed by atoms with Crippen molar-refractivity contribution in [3.05, 3.63) is 70.5 Å². The molecule has 1 N–H and O–H groups in total. The summed E-state index contributed by atoms with van der Waals surface area (Å²) in [4.78, 5) is 29.9. The standard InChI is InChI=1S/C22H25N3O2S/c1-3-10-18(16-11-6-5-7-12-16)23-20(26)15-28-22-24-19-14-9-8-13-17(19)21(27)25(22)4-2/h5-9,11-14,18H,3-4,10,15H2,1-2H3,(H,23,26)/t18-/m0/s1. The highest BCUT2D eigenvalue weighted by atomic mass is 32.2. The molecule has 28 heavy (non-hydrogen) atoms. The van der Waals surface area contributed by atoms with Crippen molar-refractivity contribution in [2.45, 2.75) is 44.4 Å². The van der Waals surface area contributed by atoms with Crippen LogP contribution in [0.3, 0.4) is 0 Å². The third-order valence-electron chi connectivity index (χ3n) is 4.59. The first-order valence-electron chi connectivity index (χ1n) is 9.60. The van der Waals surface area contributed by atoms with Gasteiger partial charge in [0.15, 0.2) is 5.16 Å². The molecule has 0 saturated heterocycles. The summed E-state index contributed by atoms with van der Waals surface area (Å²) in [7, 11) is 0. The van der Waals surface area contributed by atoms with Crippen molar-refractivity contribution in [1.29, 1.82) is 0 Å². The molecule has 0 aliphatic carbocycles. The Morgan fingerprint density at radius 3 is 2.54 bits per heavy atom. The summed E-state index contributed by atoms with van der Waals surface area (Å²) >= 11 is 1.30. The van der Waals surface area contributed by atoms with Crippen LogP contribution >= 0.6 is 11.8 Å². The molecular formula is C22H25N3O2S. The third-order valence-corrected chi connectivity index (χ3v) is 5.57. The number of benzene rings is 2. The molecule has 5 nitrogen and oxygen atoms in total. The molecule has 0 radical (unpaired) electrons. The molecule has 0 saturated carbocycles. The van der Waals surface area contributed by atoms with E-state index in [9.17, 15) is 9.59 Å². The van der Waals surface area contributed by atoms with Crippen molar-refractivity contribution in [2.75, 3.05) is 5.75 Å². The average Bonchev–Trinajstić information content (AvgIpc) is 2.73. The SMILES string of the molecule is CCC[C@H](NC(=O)CSc1nc2ccccc2c(=O)n1CC)c1ccccc1. The van der Waals surface area contributed by atoms with E-state index in [-0.39, 0.29) is 23.3 Å². The van der Waals surface area contributed by atoms with E-state index in [1.807, 2.05) is 55.5 Å². The molecule has 0 spiro atoms. The molecule has 1 amide bonds. The van der Waals surface area contributed by atoms with Crippen molar-refractivity contribution in [2.24, 2.45) is 0 Å². The van der Waals surface area contributed by atoms with E-state index >= 15 is 0 Å². The number of rotatable bonds is 8. The maximum absolute atomic E-state index is 12.7. The topological polar surface area (TPSA) is 64.0 Å². The zero-order valence-electron chi connectivity index (χ0n) is 16.2. The second-order valence-corrected chi connectivity index (χ2v) is 7.51. The Bertz CT molecular complexity index is 1000. The van der Waals surface area contributed by atoms with Gasteiger partial charge in [0.2, 0.25) is 5.91 Å². The molecule has 1 aromatic heterocycles. The molecule has 2 aromatic carbocycles. The highest BCUT2D eigenvalue weighted by molar-refractivity contribution is 7.99. The van der Waals surface area contributed by atoms with Crippen LogP contribution in [0, 0.1) is 0 Å². The van der Waals surface area contributed by atoms with Crippen LogP contribution in [0.4, 0.5) is 0 Å². The Morgan fingerprint density at radius 2 is 1.82 bits per heavy atom. The molecular weight excluding hydrogens is 370 g/mol. The number of nitrogens with one attached hydrogen (secondary N) is 1. The summed E-state index contributed by atoms with van der Waals surface area (Å²) in [6, 6.07) is 17.3. The molecule has 146 valence electrons. The van der Waals surface area contributed by atoms with Gasteiger partial charge < -0.3 is 5.32 Å². The lowest BCUT2D eigenvalue weighted by molar-refractivity contribution is -0.119. The maximum atomic E-state index is 12.7. The van der Waals surface area contributed by atoms with Crippen LogP contribution in [0.1, 0.15) is 38.3 Å². The molecule has 0 aliphatic heterocycles. The smallest absolute Gasteiger partial charge is 0.262 e. The van der Waals surface area contributed by atoms with Gasteiger partial charge in [-0.05, 0) is 31.0 Å². The van der Waals surface area contributed by atoms with Crippen molar-refractivity contribution in [1.82, 2.24) is 14.9 Å². The number of aromatic nitrogens is 2. The molecule has 0 aliphatic rings. The monoisotopic (exact) mass is 395 g/mol. The summed E-state index contributed by atoms with van der Waals surface area (Å²) in [6.45, 7) is 4.54. The lowest BCUT2D eigenvalue weighted by atomic mass is 10.0. The minimum absolute atomic E-state index is 0.00256. The largest absolute Gasteiger partial charge is 0.349 e. The Kier molecular flexibility index (Phi) is 6.87. The summed E-state index contributed by atoms with van der Waals surface area (Å²) in [5, 5.41) is 4.30. The minimum Gasteiger partial charge on any atom is -0.349 e. The van der Waals surface area contributed by atoms with E-state index < -0.39 is 0 Å². The van der Waals surface area contributed by atoms with Gasteiger partial charge in [0.25, 0.3) is 5.56 Å². The number of amides is 1. The van der Waals surface area contributed by atoms with E-state index in [0.717, 1.165) is 18.4 Å². The highest BCUT2D eigenvalue weighted by Crippen LogP contribution is 2.20. The van der Waals surface area contributed by atoms with Crippen LogP contribution < -0.4 is 10.9 Å². The number of fused-ring (bicyclic) bond motifs is 1. The first-order valence-corrected chi connectivity index (χ1v) is 10.6. The Balaban J connectivity index is 1.74. The fraction of sp³-hybridized carbons (Fsp3) is 0.318. The van der Waals surface area contributed by atoms with Crippen molar-refractivity contribution in [3.63, 3.8) is 0 Å². The lowest BCUT2D eigenvalue weighted by Gasteiger charge is -2.19. The summed E-state index contributed by atoms with van der Waals surface area (Å²) in [5.41, 5.74) is 1.70. The summed E-state index contributed by atoms with van der Waals surface area (Å²) in [5.74, 6) is 0.162. The zero-order valence-corrected chi connectivity index (χ0v) is 17.0. The van der Waals surface area contributed by atoms with E-state index in [4.69, 9.17) is 0 Å². The summed E-state index contributed by atoms with van der Waals surface area (Å²) in [6.07, 6.45) is 1.86. The number of hydrogen-bond donors (Lipinski definition) is 1. The normalized spacial score (nSPS) is 12.1. The van der Waals surface area contributed by atoms with Crippen LogP contribution in [0.5, 0.6) is 0 Å². The van der Waals surface area contributed by atoms with Gasteiger partial charge in [-0.15, -0.1) is 0 Å². The van der Waals surface area contributed by atoms with Gasteiger partial charge in [-0.3, -0.25) is 14.2 Å². The fourth-order valence-electron chi connectivity index (χ4n) is 3.20. The van der Waals surface area contributed by atoms with Gasteiger partial charge >= 0.3 is 0 Å². The Labute approximate surface area is 169 Å². The molecule has 3 aromatic rings.